The van der Waals surface area contributed by atoms with E-state index >= 15 is 0 Å². The lowest BCUT2D eigenvalue weighted by Crippen LogP contribution is -2.37. The molecule has 102 valence electrons. The summed E-state index contributed by atoms with van der Waals surface area (Å²) in [4.78, 5) is 2.34. The van der Waals surface area contributed by atoms with Crippen molar-refractivity contribution < 1.29 is 0 Å². The van der Waals surface area contributed by atoms with Crippen LogP contribution in [0, 0.1) is 0 Å². The van der Waals surface area contributed by atoms with Crippen molar-refractivity contribution in [2.24, 2.45) is 5.73 Å². The minimum Gasteiger partial charge on any atom is -0.329 e. The zero-order chi connectivity index (χ0) is 13.7. The van der Waals surface area contributed by atoms with Crippen molar-refractivity contribution in [2.45, 2.75) is 38.8 Å². The van der Waals surface area contributed by atoms with Gasteiger partial charge < -0.3 is 5.73 Å². The first-order valence-corrected chi connectivity index (χ1v) is 7.55. The predicted octanol–water partition coefficient (Wildman–Crippen LogP) is 4.22. The molecule has 2 N–H and O–H groups in total. The number of rotatable bonds is 6. The minimum absolute atomic E-state index is 0.220. The summed E-state index contributed by atoms with van der Waals surface area (Å²) < 4.78 is 0.924. The Labute approximate surface area is 124 Å². The van der Waals surface area contributed by atoms with E-state index in [2.05, 4.69) is 47.8 Å². The second-order valence-electron chi connectivity index (χ2n) is 4.73. The van der Waals surface area contributed by atoms with Crippen molar-refractivity contribution in [1.29, 1.82) is 0 Å². The van der Waals surface area contributed by atoms with Gasteiger partial charge in [0.15, 0.2) is 0 Å². The third kappa shape index (κ3) is 3.95. The van der Waals surface area contributed by atoms with Crippen LogP contribution in [0.3, 0.4) is 0 Å². The number of halogens is 2. The Balaban J connectivity index is 2.91. The van der Waals surface area contributed by atoms with Crippen molar-refractivity contribution in [3.05, 3.63) is 33.3 Å². The first-order valence-electron chi connectivity index (χ1n) is 6.38. The largest absolute Gasteiger partial charge is 0.329 e. The standard InChI is InChI=1S/C14H22BrClN2/c1-4-5-10(2)18(3)14(9-17)11-6-7-12(15)13(16)8-11/h6-8,10,14H,4-5,9,17H2,1-3H3. The smallest absolute Gasteiger partial charge is 0.0551 e. The Bertz CT molecular complexity index is 384. The summed E-state index contributed by atoms with van der Waals surface area (Å²) >= 11 is 9.57. The van der Waals surface area contributed by atoms with E-state index in [1.54, 1.807) is 0 Å². The molecule has 18 heavy (non-hydrogen) atoms. The molecule has 0 heterocycles. The first-order chi connectivity index (χ1) is 8.51. The maximum atomic E-state index is 6.15. The molecule has 0 spiro atoms. The van der Waals surface area contributed by atoms with Crippen molar-refractivity contribution in [1.82, 2.24) is 4.90 Å². The van der Waals surface area contributed by atoms with Crippen LogP contribution in [0.4, 0.5) is 0 Å². The number of benzene rings is 1. The average molecular weight is 334 g/mol. The summed E-state index contributed by atoms with van der Waals surface area (Å²) in [6.07, 6.45) is 2.36. The van der Waals surface area contributed by atoms with E-state index in [1.165, 1.54) is 18.4 Å². The van der Waals surface area contributed by atoms with Gasteiger partial charge in [-0.15, -0.1) is 0 Å². The number of nitrogens with two attached hydrogens (primary N) is 1. The molecule has 0 aliphatic rings. The Morgan fingerprint density at radius 2 is 2.11 bits per heavy atom. The molecule has 0 aromatic heterocycles. The van der Waals surface area contributed by atoms with Gasteiger partial charge in [0.25, 0.3) is 0 Å². The summed E-state index contributed by atoms with van der Waals surface area (Å²) in [7, 11) is 2.13. The molecule has 0 bridgehead atoms. The Kier molecular flexibility index (Phi) is 6.64. The van der Waals surface area contributed by atoms with Gasteiger partial charge in [-0.3, -0.25) is 4.90 Å². The van der Waals surface area contributed by atoms with Crippen LogP contribution in [0.5, 0.6) is 0 Å². The van der Waals surface area contributed by atoms with Crippen molar-refractivity contribution in [2.75, 3.05) is 13.6 Å². The van der Waals surface area contributed by atoms with E-state index in [0.29, 0.717) is 12.6 Å². The molecule has 0 radical (unpaired) electrons. The molecule has 0 amide bonds. The van der Waals surface area contributed by atoms with E-state index in [9.17, 15) is 0 Å². The maximum absolute atomic E-state index is 6.15. The molecule has 2 nitrogen and oxygen atoms in total. The van der Waals surface area contributed by atoms with Gasteiger partial charge in [0.05, 0.1) is 5.02 Å². The molecule has 4 heteroatoms. The number of nitrogens with zero attached hydrogens (tertiary/aromatic N) is 1. The third-order valence-electron chi connectivity index (χ3n) is 3.45. The van der Waals surface area contributed by atoms with Gasteiger partial charge in [-0.1, -0.05) is 31.0 Å². The van der Waals surface area contributed by atoms with Crippen LogP contribution in [-0.4, -0.2) is 24.5 Å². The van der Waals surface area contributed by atoms with Gasteiger partial charge >= 0.3 is 0 Å². The molecule has 2 atom stereocenters. The van der Waals surface area contributed by atoms with Gasteiger partial charge in [0, 0.05) is 23.1 Å². The van der Waals surface area contributed by atoms with Gasteiger partial charge in [-0.05, 0) is 54.0 Å². The van der Waals surface area contributed by atoms with E-state index < -0.39 is 0 Å². The molecule has 0 aliphatic carbocycles. The molecule has 0 saturated carbocycles. The van der Waals surface area contributed by atoms with Gasteiger partial charge in [-0.2, -0.15) is 0 Å². The lowest BCUT2D eigenvalue weighted by atomic mass is 10.0. The van der Waals surface area contributed by atoms with E-state index in [-0.39, 0.29) is 6.04 Å². The monoisotopic (exact) mass is 332 g/mol. The van der Waals surface area contributed by atoms with Crippen LogP contribution in [0.1, 0.15) is 38.3 Å². The highest BCUT2D eigenvalue weighted by Crippen LogP contribution is 2.29. The summed E-state index contributed by atoms with van der Waals surface area (Å²) in [6, 6.07) is 6.81. The quantitative estimate of drug-likeness (QED) is 0.844. The fourth-order valence-electron chi connectivity index (χ4n) is 2.19. The summed E-state index contributed by atoms with van der Waals surface area (Å²) in [5.74, 6) is 0. The Morgan fingerprint density at radius 1 is 1.44 bits per heavy atom. The zero-order valence-corrected chi connectivity index (χ0v) is 13.6. The summed E-state index contributed by atoms with van der Waals surface area (Å²) in [6.45, 7) is 5.05. The van der Waals surface area contributed by atoms with Crippen LogP contribution in [0.2, 0.25) is 5.02 Å². The van der Waals surface area contributed by atoms with Gasteiger partial charge in [0.1, 0.15) is 0 Å². The van der Waals surface area contributed by atoms with Crippen molar-refractivity contribution in [3.63, 3.8) is 0 Å². The molecule has 2 unspecified atom stereocenters. The fraction of sp³-hybridized carbons (Fsp3) is 0.571. The number of hydrogen-bond donors (Lipinski definition) is 1. The summed E-state index contributed by atoms with van der Waals surface area (Å²) in [5, 5.41) is 0.738. The zero-order valence-electron chi connectivity index (χ0n) is 11.3. The Hall–Kier alpha value is -0.0900. The molecule has 0 saturated heterocycles. The lowest BCUT2D eigenvalue weighted by Gasteiger charge is -2.33. The minimum atomic E-state index is 0.220. The van der Waals surface area contributed by atoms with Crippen LogP contribution < -0.4 is 5.73 Å². The molecule has 0 aliphatic heterocycles. The first kappa shape index (κ1) is 16.0. The normalized spacial score (nSPS) is 14.8. The predicted molar refractivity (Wildman–Crippen MR) is 83.1 cm³/mol. The van der Waals surface area contributed by atoms with Crippen LogP contribution in [0.25, 0.3) is 0 Å². The molecular formula is C14H22BrClN2. The summed E-state index contributed by atoms with van der Waals surface area (Å²) in [5.41, 5.74) is 7.11. The fourth-order valence-corrected chi connectivity index (χ4v) is 2.62. The van der Waals surface area contributed by atoms with E-state index in [1.807, 2.05) is 12.1 Å². The van der Waals surface area contributed by atoms with Gasteiger partial charge in [0.2, 0.25) is 0 Å². The molecule has 1 aromatic rings. The number of hydrogen-bond acceptors (Lipinski definition) is 2. The second-order valence-corrected chi connectivity index (χ2v) is 5.99. The van der Waals surface area contributed by atoms with Gasteiger partial charge in [-0.25, -0.2) is 0 Å². The van der Waals surface area contributed by atoms with E-state index in [0.717, 1.165) is 9.50 Å². The van der Waals surface area contributed by atoms with Crippen molar-refractivity contribution >= 4 is 27.5 Å². The topological polar surface area (TPSA) is 29.3 Å². The molecule has 1 aromatic carbocycles. The Morgan fingerprint density at radius 3 is 2.61 bits per heavy atom. The highest BCUT2D eigenvalue weighted by molar-refractivity contribution is 9.10. The highest BCUT2D eigenvalue weighted by atomic mass is 79.9. The lowest BCUT2D eigenvalue weighted by molar-refractivity contribution is 0.180. The molecule has 1 rings (SSSR count). The SMILES string of the molecule is CCCC(C)N(C)C(CN)c1ccc(Br)c(Cl)c1. The van der Waals surface area contributed by atoms with Crippen molar-refractivity contribution in [3.8, 4) is 0 Å². The maximum Gasteiger partial charge on any atom is 0.0551 e. The second kappa shape index (κ2) is 7.49. The van der Waals surface area contributed by atoms with Crippen LogP contribution >= 0.6 is 27.5 Å². The number of likely N-dealkylation sites (N-methyl/N-ethyl adjacent to an activating group) is 1. The van der Waals surface area contributed by atoms with Crippen LogP contribution in [-0.2, 0) is 0 Å². The third-order valence-corrected chi connectivity index (χ3v) is 4.68. The van der Waals surface area contributed by atoms with E-state index in [4.69, 9.17) is 17.3 Å². The highest BCUT2D eigenvalue weighted by Gasteiger charge is 2.20. The average Bonchev–Trinajstić information content (AvgIpc) is 2.34. The molecular weight excluding hydrogens is 312 g/mol. The van der Waals surface area contributed by atoms with Crippen LogP contribution in [0.15, 0.2) is 22.7 Å². The molecule has 0 fully saturated rings.